The fraction of sp³-hybridized carbons (Fsp3) is 0.261. The molecule has 0 saturated carbocycles. The third-order valence-corrected chi connectivity index (χ3v) is 5.67. The van der Waals surface area contributed by atoms with E-state index < -0.39 is 10.9 Å². The number of aryl methyl sites for hydroxylation is 1. The summed E-state index contributed by atoms with van der Waals surface area (Å²) in [5, 5.41) is 19.9. The minimum absolute atomic E-state index is 0.00237. The van der Waals surface area contributed by atoms with Crippen LogP contribution in [0.5, 0.6) is 0 Å². The monoisotopic (exact) mass is 452 g/mol. The lowest BCUT2D eigenvalue weighted by Gasteiger charge is -2.30. The van der Waals surface area contributed by atoms with Gasteiger partial charge in [-0.2, -0.15) is 5.10 Å². The Labute approximate surface area is 189 Å². The Balaban J connectivity index is 1.70. The number of para-hydroxylation sites is 1. The van der Waals surface area contributed by atoms with Crippen molar-refractivity contribution in [3.05, 3.63) is 86.2 Å². The minimum Gasteiger partial charge on any atom is -0.313 e. The minimum atomic E-state index is -0.796. The quantitative estimate of drug-likeness (QED) is 0.304. The summed E-state index contributed by atoms with van der Waals surface area (Å²) in [5.41, 5.74) is 3.72. The summed E-state index contributed by atoms with van der Waals surface area (Å²) in [4.78, 5) is 28.2. The number of benzene rings is 2. The summed E-state index contributed by atoms with van der Waals surface area (Å²) in [6.45, 7) is 6.14. The van der Waals surface area contributed by atoms with E-state index in [4.69, 9.17) is 21.5 Å². The van der Waals surface area contributed by atoms with Crippen molar-refractivity contribution in [1.29, 1.82) is 0 Å². The number of carbonyl (C=O) groups excluding carboxylic acids is 1. The van der Waals surface area contributed by atoms with E-state index in [0.717, 1.165) is 35.1 Å². The van der Waals surface area contributed by atoms with E-state index in [-0.39, 0.29) is 21.7 Å². The number of hydrogen-bond donors (Lipinski definition) is 0. The molecule has 32 heavy (non-hydrogen) atoms. The van der Waals surface area contributed by atoms with E-state index in [1.807, 2.05) is 41.9 Å². The van der Waals surface area contributed by atoms with Crippen molar-refractivity contribution in [2.24, 2.45) is 10.6 Å². The van der Waals surface area contributed by atoms with Crippen LogP contribution >= 0.6 is 11.6 Å². The van der Waals surface area contributed by atoms with E-state index in [0.29, 0.717) is 12.1 Å². The van der Waals surface area contributed by atoms with E-state index in [9.17, 15) is 14.9 Å². The molecule has 1 aromatic heterocycles. The number of nitro benzene ring substituents is 1. The predicted octanol–water partition coefficient (Wildman–Crippen LogP) is 5.28. The summed E-state index contributed by atoms with van der Waals surface area (Å²) in [6.07, 6.45) is 1.38. The van der Waals surface area contributed by atoms with Crippen molar-refractivity contribution in [2.45, 2.75) is 33.6 Å². The molecule has 0 saturated heterocycles. The normalized spacial score (nSPS) is 15.9. The molecule has 1 aliphatic rings. The first kappa shape index (κ1) is 21.7. The number of carbonyl (C=O) groups is 1. The molecule has 0 bridgehead atoms. The third kappa shape index (κ3) is 4.13. The first-order chi connectivity index (χ1) is 15.2. The molecule has 0 fully saturated rings. The fourth-order valence-corrected chi connectivity index (χ4v) is 4.15. The lowest BCUT2D eigenvalue weighted by Crippen LogP contribution is -2.29. The van der Waals surface area contributed by atoms with Gasteiger partial charge in [0.2, 0.25) is 0 Å². The van der Waals surface area contributed by atoms with Crippen LogP contribution in [0, 0.1) is 22.5 Å². The molecule has 0 aliphatic heterocycles. The second kappa shape index (κ2) is 8.20. The Kier molecular flexibility index (Phi) is 5.56. The van der Waals surface area contributed by atoms with Crippen molar-refractivity contribution in [2.75, 3.05) is 0 Å². The van der Waals surface area contributed by atoms with Crippen LogP contribution in [0.4, 0.5) is 5.69 Å². The summed E-state index contributed by atoms with van der Waals surface area (Å²) in [6, 6.07) is 13.6. The highest BCUT2D eigenvalue weighted by Crippen LogP contribution is 2.37. The van der Waals surface area contributed by atoms with Crippen molar-refractivity contribution >= 4 is 29.0 Å². The van der Waals surface area contributed by atoms with Gasteiger partial charge in [-0.15, -0.1) is 0 Å². The molecule has 0 unspecified atom stereocenters. The highest BCUT2D eigenvalue weighted by molar-refractivity contribution is 6.32. The van der Waals surface area contributed by atoms with E-state index >= 15 is 0 Å². The predicted molar refractivity (Wildman–Crippen MR) is 120 cm³/mol. The van der Waals surface area contributed by atoms with E-state index in [2.05, 4.69) is 19.0 Å². The molecule has 0 amide bonds. The Morgan fingerprint density at radius 1 is 1.22 bits per heavy atom. The molecule has 2 aromatic carbocycles. The average Bonchev–Trinajstić information content (AvgIpc) is 3.07. The maximum Gasteiger partial charge on any atom is 0.365 e. The first-order valence-electron chi connectivity index (χ1n) is 10.0. The largest absolute Gasteiger partial charge is 0.365 e. The van der Waals surface area contributed by atoms with Crippen LogP contribution in [0.25, 0.3) is 5.69 Å². The van der Waals surface area contributed by atoms with Crippen LogP contribution in [0.3, 0.4) is 0 Å². The Hall–Kier alpha value is -3.52. The summed E-state index contributed by atoms with van der Waals surface area (Å²) >= 11 is 5.82. The molecule has 1 heterocycles. The Morgan fingerprint density at radius 2 is 1.94 bits per heavy atom. The zero-order valence-electron chi connectivity index (χ0n) is 17.8. The standard InChI is InChI=1S/C23H21ClN4O4/c1-14-21-18(26-32-22(29)15-9-10-17(24)19(11-15)28(30)31)12-23(2,3)13-20(21)27(25-14)16-7-5-4-6-8-16/h4-11H,12-13H2,1-3H3/b26-18+. The molecule has 0 atom stereocenters. The molecular formula is C23H21ClN4O4. The number of oxime groups is 1. The molecule has 0 radical (unpaired) electrons. The molecule has 0 N–H and O–H groups in total. The number of aromatic nitrogens is 2. The van der Waals surface area contributed by atoms with Crippen LogP contribution in [-0.4, -0.2) is 26.4 Å². The van der Waals surface area contributed by atoms with E-state index in [1.54, 1.807) is 0 Å². The maximum atomic E-state index is 12.5. The molecule has 0 spiro atoms. The van der Waals surface area contributed by atoms with E-state index in [1.165, 1.54) is 12.1 Å². The van der Waals surface area contributed by atoms with Crippen LogP contribution in [0.2, 0.25) is 5.02 Å². The van der Waals surface area contributed by atoms with Gasteiger partial charge < -0.3 is 4.84 Å². The van der Waals surface area contributed by atoms with Crippen LogP contribution in [0.15, 0.2) is 53.7 Å². The van der Waals surface area contributed by atoms with Gasteiger partial charge in [0, 0.05) is 11.6 Å². The molecule has 9 heteroatoms. The summed E-state index contributed by atoms with van der Waals surface area (Å²) in [7, 11) is 0. The molecular weight excluding hydrogens is 432 g/mol. The molecule has 1 aliphatic carbocycles. The Morgan fingerprint density at radius 3 is 2.62 bits per heavy atom. The van der Waals surface area contributed by atoms with Gasteiger partial charge in [-0.05, 0) is 49.4 Å². The van der Waals surface area contributed by atoms with Gasteiger partial charge in [-0.25, -0.2) is 9.48 Å². The van der Waals surface area contributed by atoms with Gasteiger partial charge in [0.05, 0.1) is 33.3 Å². The molecule has 8 nitrogen and oxygen atoms in total. The second-order valence-electron chi connectivity index (χ2n) is 8.51. The topological polar surface area (TPSA) is 99.6 Å². The number of nitro groups is 1. The first-order valence-corrected chi connectivity index (χ1v) is 10.4. The van der Waals surface area contributed by atoms with Gasteiger partial charge in [0.1, 0.15) is 5.02 Å². The number of rotatable bonds is 4. The number of fused-ring (bicyclic) bond motifs is 1. The maximum absolute atomic E-state index is 12.5. The molecule has 3 aromatic rings. The molecule has 4 rings (SSSR count). The van der Waals surface area contributed by atoms with Crippen molar-refractivity contribution in [3.8, 4) is 5.69 Å². The zero-order valence-corrected chi connectivity index (χ0v) is 18.6. The van der Waals surface area contributed by atoms with Crippen molar-refractivity contribution in [3.63, 3.8) is 0 Å². The van der Waals surface area contributed by atoms with Crippen molar-refractivity contribution < 1.29 is 14.6 Å². The SMILES string of the molecule is Cc1nn(-c2ccccc2)c2c1/C(=N/OC(=O)c1ccc(Cl)c([N+](=O)[O-])c1)CC(C)(C)C2. The number of nitrogens with zero attached hydrogens (tertiary/aromatic N) is 4. The highest BCUT2D eigenvalue weighted by Gasteiger charge is 2.35. The smallest absolute Gasteiger partial charge is 0.313 e. The van der Waals surface area contributed by atoms with Crippen molar-refractivity contribution in [1.82, 2.24) is 9.78 Å². The van der Waals surface area contributed by atoms with Gasteiger partial charge >= 0.3 is 5.97 Å². The number of halogens is 1. The average molecular weight is 453 g/mol. The summed E-state index contributed by atoms with van der Waals surface area (Å²) in [5.74, 6) is -0.796. The van der Waals surface area contributed by atoms with Gasteiger partial charge in [-0.1, -0.05) is 48.8 Å². The molecule has 164 valence electrons. The lowest BCUT2D eigenvalue weighted by atomic mass is 9.75. The van der Waals surface area contributed by atoms with Gasteiger partial charge in [0.15, 0.2) is 0 Å². The lowest BCUT2D eigenvalue weighted by molar-refractivity contribution is -0.384. The Bertz CT molecular complexity index is 1250. The zero-order chi connectivity index (χ0) is 23.0. The van der Waals surface area contributed by atoms with Gasteiger partial charge in [-0.3, -0.25) is 10.1 Å². The highest BCUT2D eigenvalue weighted by atomic mass is 35.5. The van der Waals surface area contributed by atoms with Crippen LogP contribution in [-0.2, 0) is 11.3 Å². The second-order valence-corrected chi connectivity index (χ2v) is 8.92. The van der Waals surface area contributed by atoms with Gasteiger partial charge in [0.25, 0.3) is 5.69 Å². The van der Waals surface area contributed by atoms with Crippen LogP contribution < -0.4 is 0 Å². The summed E-state index contributed by atoms with van der Waals surface area (Å²) < 4.78 is 1.91. The number of hydrogen-bond acceptors (Lipinski definition) is 6. The van der Waals surface area contributed by atoms with Crippen LogP contribution in [0.1, 0.15) is 47.6 Å². The fourth-order valence-electron chi connectivity index (χ4n) is 3.96. The third-order valence-electron chi connectivity index (χ3n) is 5.35.